The number of phenols is 1. The fraction of sp³-hybridized carbons (Fsp3) is 0. The van der Waals surface area contributed by atoms with E-state index in [4.69, 9.17) is 5.11 Å². The van der Waals surface area contributed by atoms with Gasteiger partial charge >= 0.3 is 0 Å². The van der Waals surface area contributed by atoms with Crippen molar-refractivity contribution in [2.24, 2.45) is 0 Å². The van der Waals surface area contributed by atoms with E-state index < -0.39 is 4.92 Å². The monoisotopic (exact) mass is 138 g/mol. The molecule has 0 fully saturated rings. The molecule has 1 rings (SSSR count). The standard InChI is InChI=1S/C6H4NO3/c8-6-3-1-2-5(4-6)7(9)10/h2-4,8H. The van der Waals surface area contributed by atoms with Gasteiger partial charge in [-0.1, -0.05) is 0 Å². The van der Waals surface area contributed by atoms with E-state index in [9.17, 15) is 10.1 Å². The third-order valence-corrected chi connectivity index (χ3v) is 0.969. The van der Waals surface area contributed by atoms with Crippen LogP contribution in [0.1, 0.15) is 0 Å². The molecule has 0 heterocycles. The molecule has 0 spiro atoms. The zero-order valence-corrected chi connectivity index (χ0v) is 4.94. The van der Waals surface area contributed by atoms with Gasteiger partial charge < -0.3 is 5.11 Å². The lowest BCUT2D eigenvalue weighted by Crippen LogP contribution is -1.85. The quantitative estimate of drug-likeness (QED) is 0.466. The van der Waals surface area contributed by atoms with Gasteiger partial charge in [0.1, 0.15) is 5.75 Å². The summed E-state index contributed by atoms with van der Waals surface area (Å²) in [6, 6.07) is 5.94. The van der Waals surface area contributed by atoms with Crippen LogP contribution in [-0.2, 0) is 0 Å². The maximum Gasteiger partial charge on any atom is 0.273 e. The van der Waals surface area contributed by atoms with Gasteiger partial charge in [0.05, 0.1) is 11.0 Å². The van der Waals surface area contributed by atoms with Crippen LogP contribution >= 0.6 is 0 Å². The Morgan fingerprint density at radius 3 is 2.70 bits per heavy atom. The van der Waals surface area contributed by atoms with Crippen molar-refractivity contribution in [2.45, 2.75) is 0 Å². The highest BCUT2D eigenvalue weighted by Crippen LogP contribution is 2.16. The van der Waals surface area contributed by atoms with Gasteiger partial charge in [0.25, 0.3) is 5.69 Å². The summed E-state index contributed by atoms with van der Waals surface area (Å²) in [7, 11) is 0. The third kappa shape index (κ3) is 1.22. The van der Waals surface area contributed by atoms with Crippen LogP contribution in [0.4, 0.5) is 5.69 Å². The Morgan fingerprint density at radius 2 is 2.30 bits per heavy atom. The number of nitro benzene ring substituents is 1. The molecule has 0 saturated carbocycles. The molecule has 1 N–H and O–H groups in total. The number of nitro groups is 1. The molecule has 0 atom stereocenters. The van der Waals surface area contributed by atoms with Crippen molar-refractivity contribution in [3.63, 3.8) is 0 Å². The number of phenolic OH excluding ortho intramolecular Hbond substituents is 1. The fourth-order valence-electron chi connectivity index (χ4n) is 0.553. The number of hydrogen-bond acceptors (Lipinski definition) is 3. The van der Waals surface area contributed by atoms with E-state index in [1.165, 1.54) is 12.1 Å². The Hall–Kier alpha value is -1.58. The van der Waals surface area contributed by atoms with E-state index in [1.54, 1.807) is 0 Å². The Kier molecular flexibility index (Phi) is 1.53. The molecule has 0 amide bonds. The largest absolute Gasteiger partial charge is 0.508 e. The van der Waals surface area contributed by atoms with Gasteiger partial charge in [-0.15, -0.1) is 0 Å². The summed E-state index contributed by atoms with van der Waals surface area (Å²) in [5.74, 6) is -0.144. The molecule has 0 bridgehead atoms. The van der Waals surface area contributed by atoms with Crippen LogP contribution in [0.15, 0.2) is 18.2 Å². The van der Waals surface area contributed by atoms with Gasteiger partial charge in [-0.2, -0.15) is 0 Å². The van der Waals surface area contributed by atoms with Crippen molar-refractivity contribution in [3.05, 3.63) is 34.4 Å². The van der Waals surface area contributed by atoms with Crippen molar-refractivity contribution >= 4 is 5.69 Å². The molecule has 51 valence electrons. The molecule has 4 heteroatoms. The minimum Gasteiger partial charge on any atom is -0.508 e. The normalized spacial score (nSPS) is 9.20. The SMILES string of the molecule is O=[N+]([O-])c1c[c]cc(O)c1. The first kappa shape index (κ1) is 6.54. The Labute approximate surface area is 56.9 Å². The predicted octanol–water partition coefficient (Wildman–Crippen LogP) is 1.10. The number of rotatable bonds is 1. The summed E-state index contributed by atoms with van der Waals surface area (Å²) in [6.45, 7) is 0. The summed E-state index contributed by atoms with van der Waals surface area (Å²) in [6.07, 6.45) is 0. The average Bonchev–Trinajstić information content (AvgIpc) is 1.88. The highest BCUT2D eigenvalue weighted by molar-refractivity contribution is 5.36. The van der Waals surface area contributed by atoms with Crippen molar-refractivity contribution < 1.29 is 10.0 Å². The molecule has 0 saturated heterocycles. The zero-order valence-electron chi connectivity index (χ0n) is 4.94. The van der Waals surface area contributed by atoms with Crippen LogP contribution in [0.3, 0.4) is 0 Å². The van der Waals surface area contributed by atoms with E-state index >= 15 is 0 Å². The molecule has 4 nitrogen and oxygen atoms in total. The second-order valence-corrected chi connectivity index (χ2v) is 1.71. The molecule has 0 aliphatic rings. The summed E-state index contributed by atoms with van der Waals surface area (Å²) in [5.41, 5.74) is -0.153. The first-order chi connectivity index (χ1) is 4.70. The lowest BCUT2D eigenvalue weighted by molar-refractivity contribution is -0.385. The fourth-order valence-corrected chi connectivity index (χ4v) is 0.553. The number of nitrogens with zero attached hydrogens (tertiary/aromatic N) is 1. The van der Waals surface area contributed by atoms with Crippen LogP contribution in [0.5, 0.6) is 5.75 Å². The summed E-state index contributed by atoms with van der Waals surface area (Å²) in [5, 5.41) is 18.8. The van der Waals surface area contributed by atoms with Crippen molar-refractivity contribution in [1.29, 1.82) is 0 Å². The second-order valence-electron chi connectivity index (χ2n) is 1.71. The van der Waals surface area contributed by atoms with Gasteiger partial charge in [-0.25, -0.2) is 0 Å². The number of benzene rings is 1. The Balaban J connectivity index is 3.07. The van der Waals surface area contributed by atoms with Crippen molar-refractivity contribution in [1.82, 2.24) is 0 Å². The first-order valence-corrected chi connectivity index (χ1v) is 2.54. The lowest BCUT2D eigenvalue weighted by atomic mass is 10.3. The second kappa shape index (κ2) is 2.34. The molecule has 1 radical (unpaired) electrons. The van der Waals surface area contributed by atoms with Crippen LogP contribution in [-0.4, -0.2) is 10.0 Å². The number of aromatic hydroxyl groups is 1. The average molecular weight is 138 g/mol. The molecule has 0 aliphatic carbocycles. The van der Waals surface area contributed by atoms with Crippen LogP contribution in [0.25, 0.3) is 0 Å². The zero-order chi connectivity index (χ0) is 7.56. The minimum absolute atomic E-state index is 0.144. The highest BCUT2D eigenvalue weighted by atomic mass is 16.6. The summed E-state index contributed by atoms with van der Waals surface area (Å²) in [4.78, 5) is 9.44. The maximum absolute atomic E-state index is 10.0. The van der Waals surface area contributed by atoms with E-state index in [0.29, 0.717) is 0 Å². The summed E-state index contributed by atoms with van der Waals surface area (Å²) < 4.78 is 0. The predicted molar refractivity (Wildman–Crippen MR) is 33.6 cm³/mol. The summed E-state index contributed by atoms with van der Waals surface area (Å²) >= 11 is 0. The molecule has 0 aliphatic heterocycles. The molecule has 0 aromatic heterocycles. The van der Waals surface area contributed by atoms with E-state index in [1.807, 2.05) is 0 Å². The van der Waals surface area contributed by atoms with Gasteiger partial charge in [0.15, 0.2) is 0 Å². The first-order valence-electron chi connectivity index (χ1n) is 2.54. The topological polar surface area (TPSA) is 63.4 Å². The molecule has 1 aromatic rings. The molecule has 10 heavy (non-hydrogen) atoms. The van der Waals surface area contributed by atoms with Crippen LogP contribution in [0.2, 0.25) is 0 Å². The van der Waals surface area contributed by atoms with E-state index in [0.717, 1.165) is 6.07 Å². The smallest absolute Gasteiger partial charge is 0.273 e. The van der Waals surface area contributed by atoms with Gasteiger partial charge in [-0.3, -0.25) is 10.1 Å². The van der Waals surface area contributed by atoms with E-state index in [-0.39, 0.29) is 11.4 Å². The van der Waals surface area contributed by atoms with Crippen molar-refractivity contribution in [3.8, 4) is 5.75 Å². The maximum atomic E-state index is 10.0. The lowest BCUT2D eigenvalue weighted by Gasteiger charge is -1.89. The molecular weight excluding hydrogens is 134 g/mol. The molecule has 0 unspecified atom stereocenters. The van der Waals surface area contributed by atoms with Crippen LogP contribution < -0.4 is 0 Å². The minimum atomic E-state index is -0.587. The van der Waals surface area contributed by atoms with Gasteiger partial charge in [0, 0.05) is 6.07 Å². The van der Waals surface area contributed by atoms with Gasteiger partial charge in [-0.05, 0) is 12.1 Å². The number of hydrogen-bond donors (Lipinski definition) is 1. The highest BCUT2D eigenvalue weighted by Gasteiger charge is 2.03. The molecular formula is C6H4NO3. The van der Waals surface area contributed by atoms with Crippen molar-refractivity contribution in [2.75, 3.05) is 0 Å². The Bertz CT molecular complexity index is 259. The number of non-ortho nitro benzene ring substituents is 1. The van der Waals surface area contributed by atoms with Gasteiger partial charge in [0.2, 0.25) is 0 Å². The molecule has 1 aromatic carbocycles. The third-order valence-electron chi connectivity index (χ3n) is 0.969. The van der Waals surface area contributed by atoms with E-state index in [2.05, 4.69) is 6.07 Å². The van der Waals surface area contributed by atoms with Crippen LogP contribution in [0, 0.1) is 16.2 Å². The Morgan fingerprint density at radius 1 is 1.60 bits per heavy atom.